The summed E-state index contributed by atoms with van der Waals surface area (Å²) in [5.41, 5.74) is 0.963. The molecule has 1 fully saturated rings. The summed E-state index contributed by atoms with van der Waals surface area (Å²) in [7, 11) is -3.78. The van der Waals surface area contributed by atoms with Crippen molar-refractivity contribution >= 4 is 21.6 Å². The zero-order valence-corrected chi connectivity index (χ0v) is 12.9. The Labute approximate surface area is 125 Å². The van der Waals surface area contributed by atoms with Gasteiger partial charge in [0.2, 0.25) is 15.9 Å². The van der Waals surface area contributed by atoms with Gasteiger partial charge in [0.05, 0.1) is 4.90 Å². The van der Waals surface area contributed by atoms with Crippen molar-refractivity contribution < 1.29 is 13.2 Å². The van der Waals surface area contributed by atoms with E-state index in [2.05, 4.69) is 10.6 Å². The lowest BCUT2D eigenvalue weighted by atomic mass is 9.96. The standard InChI is InChI=1S/C14H21N3O3S/c1-10-12(5-2-6-13(10)21(15,19)20)17-14(18)8-11-4-3-7-16-9-11/h2,5-6,11,16H,3-4,7-9H2,1H3,(H,17,18)(H2,15,19,20). The van der Waals surface area contributed by atoms with Gasteiger partial charge in [-0.05, 0) is 56.5 Å². The molecular weight excluding hydrogens is 290 g/mol. The monoisotopic (exact) mass is 311 g/mol. The second-order valence-corrected chi connectivity index (χ2v) is 6.97. The number of carbonyl (C=O) groups excluding carboxylic acids is 1. The number of anilines is 1. The van der Waals surface area contributed by atoms with E-state index < -0.39 is 10.0 Å². The highest BCUT2D eigenvalue weighted by molar-refractivity contribution is 7.89. The van der Waals surface area contributed by atoms with Gasteiger partial charge in [0.15, 0.2) is 0 Å². The number of primary sulfonamides is 1. The van der Waals surface area contributed by atoms with Crippen LogP contribution in [0.3, 0.4) is 0 Å². The average Bonchev–Trinajstić information content (AvgIpc) is 2.41. The first-order valence-electron chi connectivity index (χ1n) is 7.01. The number of hydrogen-bond acceptors (Lipinski definition) is 4. The van der Waals surface area contributed by atoms with Crippen molar-refractivity contribution in [3.63, 3.8) is 0 Å². The number of amides is 1. The van der Waals surface area contributed by atoms with E-state index in [0.717, 1.165) is 25.9 Å². The summed E-state index contributed by atoms with van der Waals surface area (Å²) in [6.07, 6.45) is 2.56. The van der Waals surface area contributed by atoms with E-state index in [1.807, 2.05) is 0 Å². The number of carbonyl (C=O) groups is 1. The maximum absolute atomic E-state index is 12.1. The molecule has 1 atom stereocenters. The number of hydrogen-bond donors (Lipinski definition) is 3. The van der Waals surface area contributed by atoms with Gasteiger partial charge in [-0.15, -0.1) is 0 Å². The fourth-order valence-corrected chi connectivity index (χ4v) is 3.42. The van der Waals surface area contributed by atoms with E-state index >= 15 is 0 Å². The number of nitrogens with one attached hydrogen (secondary N) is 2. The van der Waals surface area contributed by atoms with Crippen molar-refractivity contribution in [2.24, 2.45) is 11.1 Å². The minimum absolute atomic E-state index is 0.0413. The summed E-state index contributed by atoms with van der Waals surface area (Å²) < 4.78 is 22.9. The molecule has 4 N–H and O–H groups in total. The molecule has 6 nitrogen and oxygen atoms in total. The predicted molar refractivity (Wildman–Crippen MR) is 81.4 cm³/mol. The molecule has 2 rings (SSSR count). The third-order valence-electron chi connectivity index (χ3n) is 3.74. The Balaban J connectivity index is 2.07. The fourth-order valence-electron chi connectivity index (χ4n) is 2.62. The van der Waals surface area contributed by atoms with Crippen LogP contribution >= 0.6 is 0 Å². The average molecular weight is 311 g/mol. The molecule has 1 unspecified atom stereocenters. The van der Waals surface area contributed by atoms with Crippen LogP contribution in [-0.4, -0.2) is 27.4 Å². The molecule has 1 aromatic rings. The van der Waals surface area contributed by atoms with Crippen molar-refractivity contribution in [1.82, 2.24) is 5.32 Å². The number of sulfonamides is 1. The van der Waals surface area contributed by atoms with E-state index in [4.69, 9.17) is 5.14 Å². The lowest BCUT2D eigenvalue weighted by Gasteiger charge is -2.22. The van der Waals surface area contributed by atoms with E-state index in [0.29, 0.717) is 23.6 Å². The molecule has 1 heterocycles. The van der Waals surface area contributed by atoms with Crippen molar-refractivity contribution in [1.29, 1.82) is 0 Å². The normalized spacial score (nSPS) is 19.2. The summed E-state index contributed by atoms with van der Waals surface area (Å²) >= 11 is 0. The van der Waals surface area contributed by atoms with Gasteiger partial charge in [-0.2, -0.15) is 0 Å². The first-order chi connectivity index (χ1) is 9.88. The molecule has 1 aromatic carbocycles. The van der Waals surface area contributed by atoms with Crippen LogP contribution in [0.4, 0.5) is 5.69 Å². The van der Waals surface area contributed by atoms with Crippen LogP contribution in [0.15, 0.2) is 23.1 Å². The largest absolute Gasteiger partial charge is 0.326 e. The molecule has 0 radical (unpaired) electrons. The molecule has 0 bridgehead atoms. The van der Waals surface area contributed by atoms with Crippen LogP contribution in [0.1, 0.15) is 24.8 Å². The first kappa shape index (κ1) is 15.9. The van der Waals surface area contributed by atoms with Crippen molar-refractivity contribution in [2.45, 2.75) is 31.1 Å². The molecule has 1 amide bonds. The Kier molecular flexibility index (Phi) is 4.97. The summed E-state index contributed by atoms with van der Waals surface area (Å²) in [5, 5.41) is 11.2. The van der Waals surface area contributed by atoms with Gasteiger partial charge in [-0.3, -0.25) is 4.79 Å². The summed E-state index contributed by atoms with van der Waals surface area (Å²) in [4.78, 5) is 12.1. The molecule has 1 saturated heterocycles. The van der Waals surface area contributed by atoms with Gasteiger partial charge in [-0.25, -0.2) is 13.6 Å². The number of benzene rings is 1. The second kappa shape index (κ2) is 6.55. The third-order valence-corrected chi connectivity index (χ3v) is 4.79. The number of nitrogens with two attached hydrogens (primary N) is 1. The Bertz CT molecular complexity index is 622. The predicted octanol–water partition coefficient (Wildman–Crippen LogP) is 0.971. The van der Waals surface area contributed by atoms with Crippen LogP contribution in [0.5, 0.6) is 0 Å². The minimum Gasteiger partial charge on any atom is -0.326 e. The molecule has 0 aromatic heterocycles. The third kappa shape index (κ3) is 4.26. The van der Waals surface area contributed by atoms with Crippen molar-refractivity contribution in [2.75, 3.05) is 18.4 Å². The summed E-state index contributed by atoms with van der Waals surface area (Å²) in [6.45, 7) is 3.49. The Morgan fingerprint density at radius 2 is 2.24 bits per heavy atom. The SMILES string of the molecule is Cc1c(NC(=O)CC2CCCNC2)cccc1S(N)(=O)=O. The maximum Gasteiger partial charge on any atom is 0.238 e. The molecular formula is C14H21N3O3S. The highest BCUT2D eigenvalue weighted by atomic mass is 32.2. The highest BCUT2D eigenvalue weighted by Gasteiger charge is 2.19. The van der Waals surface area contributed by atoms with Gasteiger partial charge in [0, 0.05) is 12.1 Å². The molecule has 1 aliphatic rings. The van der Waals surface area contributed by atoms with Crippen LogP contribution in [-0.2, 0) is 14.8 Å². The molecule has 0 aliphatic carbocycles. The van der Waals surface area contributed by atoms with Gasteiger partial charge >= 0.3 is 0 Å². The second-order valence-electron chi connectivity index (χ2n) is 5.44. The molecule has 0 spiro atoms. The van der Waals surface area contributed by atoms with Crippen molar-refractivity contribution in [3.05, 3.63) is 23.8 Å². The number of rotatable bonds is 4. The number of piperidine rings is 1. The van der Waals surface area contributed by atoms with E-state index in [9.17, 15) is 13.2 Å². The first-order valence-corrected chi connectivity index (χ1v) is 8.55. The molecule has 0 saturated carbocycles. The zero-order valence-electron chi connectivity index (χ0n) is 12.1. The molecule has 21 heavy (non-hydrogen) atoms. The minimum atomic E-state index is -3.78. The lowest BCUT2D eigenvalue weighted by Crippen LogP contribution is -2.32. The summed E-state index contributed by atoms with van der Waals surface area (Å²) in [6, 6.07) is 4.69. The van der Waals surface area contributed by atoms with Gasteiger partial charge in [-0.1, -0.05) is 6.07 Å². The van der Waals surface area contributed by atoms with Crippen molar-refractivity contribution in [3.8, 4) is 0 Å². The Morgan fingerprint density at radius 3 is 2.86 bits per heavy atom. The quantitative estimate of drug-likeness (QED) is 0.771. The highest BCUT2D eigenvalue weighted by Crippen LogP contribution is 2.23. The zero-order chi connectivity index (χ0) is 15.5. The van der Waals surface area contributed by atoms with E-state index in [1.165, 1.54) is 6.07 Å². The van der Waals surface area contributed by atoms with Gasteiger partial charge < -0.3 is 10.6 Å². The smallest absolute Gasteiger partial charge is 0.238 e. The van der Waals surface area contributed by atoms with E-state index in [1.54, 1.807) is 19.1 Å². The van der Waals surface area contributed by atoms with Crippen LogP contribution in [0, 0.1) is 12.8 Å². The van der Waals surface area contributed by atoms with Crippen LogP contribution in [0.2, 0.25) is 0 Å². The van der Waals surface area contributed by atoms with Crippen LogP contribution in [0.25, 0.3) is 0 Å². The van der Waals surface area contributed by atoms with Crippen LogP contribution < -0.4 is 15.8 Å². The topological polar surface area (TPSA) is 101 Å². The molecule has 7 heteroatoms. The fraction of sp³-hybridized carbons (Fsp3) is 0.500. The Hall–Kier alpha value is -1.44. The molecule has 116 valence electrons. The van der Waals surface area contributed by atoms with Gasteiger partial charge in [0.25, 0.3) is 0 Å². The molecule has 1 aliphatic heterocycles. The maximum atomic E-state index is 12.1. The van der Waals surface area contributed by atoms with Gasteiger partial charge in [0.1, 0.15) is 0 Å². The summed E-state index contributed by atoms with van der Waals surface area (Å²) in [5.74, 6) is 0.235. The lowest BCUT2D eigenvalue weighted by molar-refractivity contribution is -0.117. The van der Waals surface area contributed by atoms with E-state index in [-0.39, 0.29) is 10.8 Å². The Morgan fingerprint density at radius 1 is 1.48 bits per heavy atom.